The smallest absolute Gasteiger partial charge is 0.216 e. The van der Waals surface area contributed by atoms with Crippen molar-refractivity contribution in [2.75, 3.05) is 25.1 Å². The van der Waals surface area contributed by atoms with E-state index in [1.807, 2.05) is 12.1 Å². The average Bonchev–Trinajstić information content (AvgIpc) is 2.72. The van der Waals surface area contributed by atoms with Crippen molar-refractivity contribution in [2.45, 2.75) is 82.6 Å². The quantitative estimate of drug-likeness (QED) is 0.632. The fraction of sp³-hybridized carbons (Fsp3) is 0.739. The van der Waals surface area contributed by atoms with Crippen molar-refractivity contribution in [3.8, 4) is 5.75 Å². The van der Waals surface area contributed by atoms with Crippen LogP contribution in [0.15, 0.2) is 24.3 Å². The predicted molar refractivity (Wildman–Crippen MR) is 122 cm³/mol. The topological polar surface area (TPSA) is 76.7 Å². The number of hydrogen-bond donors (Lipinski definition) is 2. The molecule has 170 valence electrons. The summed E-state index contributed by atoms with van der Waals surface area (Å²) < 4.78 is 38.4. The van der Waals surface area contributed by atoms with Crippen LogP contribution in [-0.2, 0) is 14.8 Å². The summed E-state index contributed by atoms with van der Waals surface area (Å²) in [4.78, 5) is 0. The SMILES string of the molecule is CC(C)(C)S(=O)(=O)N[C@H]1CC[C@H](CNc2ccc(OCC3CCCCO3)cc2)CC1. The monoisotopic (exact) mass is 438 g/mol. The Kier molecular flexibility index (Phi) is 8.04. The Bertz CT molecular complexity index is 744. The molecule has 7 heteroatoms. The third-order valence-corrected chi connectivity index (χ3v) is 8.39. The van der Waals surface area contributed by atoms with Gasteiger partial charge < -0.3 is 14.8 Å². The molecule has 0 amide bonds. The van der Waals surface area contributed by atoms with Crippen molar-refractivity contribution < 1.29 is 17.9 Å². The first-order valence-electron chi connectivity index (χ1n) is 11.3. The predicted octanol–water partition coefficient (Wildman–Crippen LogP) is 4.32. The largest absolute Gasteiger partial charge is 0.491 e. The molecule has 2 fully saturated rings. The Morgan fingerprint density at radius 1 is 1.03 bits per heavy atom. The average molecular weight is 439 g/mol. The fourth-order valence-electron chi connectivity index (χ4n) is 3.94. The van der Waals surface area contributed by atoms with Crippen LogP contribution in [0.3, 0.4) is 0 Å². The molecule has 0 radical (unpaired) electrons. The van der Waals surface area contributed by atoms with Crippen LogP contribution in [0.5, 0.6) is 5.75 Å². The first kappa shape index (κ1) is 23.4. The first-order chi connectivity index (χ1) is 14.2. The summed E-state index contributed by atoms with van der Waals surface area (Å²) in [5.74, 6) is 1.45. The van der Waals surface area contributed by atoms with Gasteiger partial charge in [0.1, 0.15) is 12.4 Å². The molecule has 1 atom stereocenters. The maximum absolute atomic E-state index is 12.3. The Hall–Kier alpha value is -1.31. The van der Waals surface area contributed by atoms with Crippen molar-refractivity contribution >= 4 is 15.7 Å². The highest BCUT2D eigenvalue weighted by Gasteiger charge is 2.32. The van der Waals surface area contributed by atoms with E-state index in [1.54, 1.807) is 20.8 Å². The van der Waals surface area contributed by atoms with Gasteiger partial charge in [-0.15, -0.1) is 0 Å². The summed E-state index contributed by atoms with van der Waals surface area (Å²) in [5.41, 5.74) is 1.09. The van der Waals surface area contributed by atoms with Crippen molar-refractivity contribution in [3.63, 3.8) is 0 Å². The second kappa shape index (κ2) is 10.3. The minimum absolute atomic E-state index is 0.0649. The van der Waals surface area contributed by atoms with E-state index in [2.05, 4.69) is 22.2 Å². The molecule has 2 N–H and O–H groups in total. The second-order valence-corrected chi connectivity index (χ2v) is 12.1. The molecular formula is C23H38N2O4S. The number of benzene rings is 1. The molecule has 1 saturated carbocycles. The molecule has 0 aromatic heterocycles. The summed E-state index contributed by atoms with van der Waals surface area (Å²) in [6.45, 7) is 7.60. The molecule has 0 bridgehead atoms. The first-order valence-corrected chi connectivity index (χ1v) is 12.8. The van der Waals surface area contributed by atoms with E-state index in [0.717, 1.165) is 63.1 Å². The van der Waals surface area contributed by atoms with Crippen molar-refractivity contribution in [1.29, 1.82) is 0 Å². The van der Waals surface area contributed by atoms with Crippen LogP contribution in [0.1, 0.15) is 65.7 Å². The van der Waals surface area contributed by atoms with E-state index in [9.17, 15) is 8.42 Å². The zero-order valence-corrected chi connectivity index (χ0v) is 19.5. The molecule has 30 heavy (non-hydrogen) atoms. The second-order valence-electron chi connectivity index (χ2n) is 9.66. The summed E-state index contributed by atoms with van der Waals surface area (Å²) >= 11 is 0. The van der Waals surface area contributed by atoms with Gasteiger partial charge in [0.15, 0.2) is 0 Å². The summed E-state index contributed by atoms with van der Waals surface area (Å²) in [6, 6.07) is 8.18. The molecule has 0 spiro atoms. The molecule has 1 aromatic carbocycles. The zero-order valence-electron chi connectivity index (χ0n) is 18.7. The van der Waals surface area contributed by atoms with E-state index >= 15 is 0 Å². The van der Waals surface area contributed by atoms with Crippen molar-refractivity contribution in [2.24, 2.45) is 5.92 Å². The molecular weight excluding hydrogens is 400 g/mol. The molecule has 1 aliphatic heterocycles. The van der Waals surface area contributed by atoms with Gasteiger partial charge in [-0.3, -0.25) is 0 Å². The Balaban J connectivity index is 1.36. The Morgan fingerprint density at radius 3 is 2.33 bits per heavy atom. The van der Waals surface area contributed by atoms with Crippen molar-refractivity contribution in [1.82, 2.24) is 4.72 Å². The van der Waals surface area contributed by atoms with E-state index in [4.69, 9.17) is 9.47 Å². The Morgan fingerprint density at radius 2 is 1.73 bits per heavy atom. The maximum Gasteiger partial charge on any atom is 0.216 e. The van der Waals surface area contributed by atoms with E-state index in [1.165, 1.54) is 6.42 Å². The van der Waals surface area contributed by atoms with Crippen LogP contribution in [0.25, 0.3) is 0 Å². The normalized spacial score (nSPS) is 25.6. The molecule has 1 saturated heterocycles. The van der Waals surface area contributed by atoms with Gasteiger partial charge in [0, 0.05) is 24.9 Å². The zero-order chi connectivity index (χ0) is 21.6. The number of nitrogens with one attached hydrogen (secondary N) is 2. The van der Waals surface area contributed by atoms with Gasteiger partial charge >= 0.3 is 0 Å². The molecule has 1 heterocycles. The number of hydrogen-bond acceptors (Lipinski definition) is 5. The van der Waals surface area contributed by atoms with Crippen LogP contribution in [0, 0.1) is 5.92 Å². The lowest BCUT2D eigenvalue weighted by molar-refractivity contribution is -0.0110. The molecule has 6 nitrogen and oxygen atoms in total. The van der Waals surface area contributed by atoms with E-state index in [-0.39, 0.29) is 12.1 Å². The van der Waals surface area contributed by atoms with Crippen LogP contribution in [0.4, 0.5) is 5.69 Å². The van der Waals surface area contributed by atoms with Gasteiger partial charge in [-0.05, 0) is 95.9 Å². The maximum atomic E-state index is 12.3. The number of sulfonamides is 1. The molecule has 1 aliphatic carbocycles. The lowest BCUT2D eigenvalue weighted by Gasteiger charge is -2.31. The minimum atomic E-state index is -3.27. The van der Waals surface area contributed by atoms with Crippen LogP contribution in [0.2, 0.25) is 0 Å². The Labute approximate surface area is 182 Å². The number of anilines is 1. The third kappa shape index (κ3) is 6.86. The summed E-state index contributed by atoms with van der Waals surface area (Å²) in [6.07, 6.45) is 7.56. The number of ether oxygens (including phenoxy) is 2. The summed E-state index contributed by atoms with van der Waals surface area (Å²) in [7, 11) is -3.27. The van der Waals surface area contributed by atoms with Crippen molar-refractivity contribution in [3.05, 3.63) is 24.3 Å². The molecule has 1 aromatic rings. The highest BCUT2D eigenvalue weighted by molar-refractivity contribution is 7.90. The third-order valence-electron chi connectivity index (χ3n) is 6.13. The van der Waals surface area contributed by atoms with E-state index < -0.39 is 14.8 Å². The molecule has 1 unspecified atom stereocenters. The van der Waals surface area contributed by atoms with Gasteiger partial charge in [-0.2, -0.15) is 0 Å². The summed E-state index contributed by atoms with van der Waals surface area (Å²) in [5, 5.41) is 3.52. The number of rotatable bonds is 8. The van der Waals surface area contributed by atoms with Crippen LogP contribution >= 0.6 is 0 Å². The van der Waals surface area contributed by atoms with Gasteiger partial charge in [-0.25, -0.2) is 13.1 Å². The molecule has 3 rings (SSSR count). The van der Waals surface area contributed by atoms with Crippen LogP contribution in [-0.4, -0.2) is 45.1 Å². The van der Waals surface area contributed by atoms with E-state index in [0.29, 0.717) is 12.5 Å². The minimum Gasteiger partial charge on any atom is -0.491 e. The standard InChI is InChI=1S/C23H38N2O4S/c1-23(2,3)30(26,27)25-20-9-7-18(8-10-20)16-24-19-11-13-21(14-12-19)29-17-22-6-4-5-15-28-22/h11-14,18,20,22,24-25H,4-10,15-17H2,1-3H3/t18-,20-,22?. The van der Waals surface area contributed by atoms with Gasteiger partial charge in [0.25, 0.3) is 0 Å². The lowest BCUT2D eigenvalue weighted by atomic mass is 9.86. The lowest BCUT2D eigenvalue weighted by Crippen LogP contribution is -2.46. The fourth-order valence-corrected chi connectivity index (χ4v) is 4.97. The van der Waals surface area contributed by atoms with Gasteiger partial charge in [-0.1, -0.05) is 0 Å². The highest BCUT2D eigenvalue weighted by Crippen LogP contribution is 2.27. The van der Waals surface area contributed by atoms with Gasteiger partial charge in [0.2, 0.25) is 10.0 Å². The molecule has 2 aliphatic rings. The highest BCUT2D eigenvalue weighted by atomic mass is 32.2. The van der Waals surface area contributed by atoms with Gasteiger partial charge in [0.05, 0.1) is 10.9 Å². The van der Waals surface area contributed by atoms with Crippen LogP contribution < -0.4 is 14.8 Å².